The van der Waals surface area contributed by atoms with E-state index in [-0.39, 0.29) is 0 Å². The molecular formula is C16H13NO. The molecule has 0 saturated heterocycles. The Balaban J connectivity index is 2.32. The Labute approximate surface area is 106 Å². The van der Waals surface area contributed by atoms with Gasteiger partial charge >= 0.3 is 0 Å². The Hall–Kier alpha value is -2.35. The van der Waals surface area contributed by atoms with Crippen LogP contribution >= 0.6 is 0 Å². The van der Waals surface area contributed by atoms with Gasteiger partial charge in [0.25, 0.3) is 0 Å². The summed E-state index contributed by atoms with van der Waals surface area (Å²) in [5, 5.41) is 2.33. The van der Waals surface area contributed by atoms with Crippen LogP contribution < -0.4 is 4.74 Å². The zero-order chi connectivity index (χ0) is 12.4. The van der Waals surface area contributed by atoms with Crippen molar-refractivity contribution in [3.8, 4) is 16.9 Å². The molecule has 88 valence electrons. The van der Waals surface area contributed by atoms with Crippen molar-refractivity contribution in [3.63, 3.8) is 0 Å². The minimum Gasteiger partial charge on any atom is -0.496 e. The molecule has 0 aliphatic rings. The summed E-state index contributed by atoms with van der Waals surface area (Å²) in [7, 11) is 1.69. The minimum absolute atomic E-state index is 0.871. The first-order valence-corrected chi connectivity index (χ1v) is 5.86. The molecule has 0 aliphatic carbocycles. The summed E-state index contributed by atoms with van der Waals surface area (Å²) in [5.74, 6) is 0.871. The Kier molecular flexibility index (Phi) is 2.69. The van der Waals surface area contributed by atoms with E-state index in [4.69, 9.17) is 4.74 Å². The van der Waals surface area contributed by atoms with Crippen molar-refractivity contribution in [2.24, 2.45) is 0 Å². The van der Waals surface area contributed by atoms with Gasteiger partial charge in [-0.15, -0.1) is 0 Å². The van der Waals surface area contributed by atoms with Crippen molar-refractivity contribution >= 4 is 10.8 Å². The first-order valence-electron chi connectivity index (χ1n) is 5.86. The maximum atomic E-state index is 5.42. The number of nitrogens with zero attached hydrogens (tertiary/aromatic N) is 1. The van der Waals surface area contributed by atoms with E-state index in [0.29, 0.717) is 0 Å². The summed E-state index contributed by atoms with van der Waals surface area (Å²) < 4.78 is 5.42. The number of ether oxygens (including phenoxy) is 1. The van der Waals surface area contributed by atoms with E-state index < -0.39 is 0 Å². The number of para-hydroxylation sites is 1. The second kappa shape index (κ2) is 4.49. The van der Waals surface area contributed by atoms with E-state index in [2.05, 4.69) is 23.2 Å². The molecule has 2 aromatic carbocycles. The highest BCUT2D eigenvalue weighted by Crippen LogP contribution is 2.33. The summed E-state index contributed by atoms with van der Waals surface area (Å²) in [5.41, 5.74) is 2.18. The van der Waals surface area contributed by atoms with Gasteiger partial charge in [-0.3, -0.25) is 4.98 Å². The minimum atomic E-state index is 0.871. The summed E-state index contributed by atoms with van der Waals surface area (Å²) in [6, 6.07) is 16.3. The number of hydrogen-bond acceptors (Lipinski definition) is 2. The van der Waals surface area contributed by atoms with Crippen LogP contribution in [0.1, 0.15) is 0 Å². The zero-order valence-electron chi connectivity index (χ0n) is 10.1. The third-order valence-corrected chi connectivity index (χ3v) is 3.07. The second-order valence-electron chi connectivity index (χ2n) is 4.11. The molecule has 1 heterocycles. The number of fused-ring (bicyclic) bond motifs is 1. The standard InChI is InChI=1S/C16H13NO/c1-18-16-9-5-4-8-14(16)15-11-17-10-12-6-2-3-7-13(12)15/h2-11H,1H3. The lowest BCUT2D eigenvalue weighted by molar-refractivity contribution is 0.416. The number of pyridine rings is 1. The Bertz CT molecular complexity index is 686. The topological polar surface area (TPSA) is 22.1 Å². The van der Waals surface area contributed by atoms with Gasteiger partial charge in [-0.05, 0) is 11.5 Å². The molecule has 0 atom stereocenters. The molecule has 3 aromatic rings. The van der Waals surface area contributed by atoms with Gasteiger partial charge in [0.15, 0.2) is 0 Å². The lowest BCUT2D eigenvalue weighted by atomic mass is 10.0. The number of methoxy groups -OCH3 is 1. The fourth-order valence-corrected chi connectivity index (χ4v) is 2.20. The first-order chi connectivity index (χ1) is 8.90. The molecule has 2 nitrogen and oxygen atoms in total. The van der Waals surface area contributed by atoms with Gasteiger partial charge in [0, 0.05) is 28.9 Å². The molecule has 3 rings (SSSR count). The van der Waals surface area contributed by atoms with Crippen LogP contribution in [-0.2, 0) is 0 Å². The van der Waals surface area contributed by atoms with Crippen molar-refractivity contribution in [1.29, 1.82) is 0 Å². The second-order valence-corrected chi connectivity index (χ2v) is 4.11. The van der Waals surface area contributed by atoms with Crippen molar-refractivity contribution in [3.05, 3.63) is 60.9 Å². The normalized spacial score (nSPS) is 10.5. The summed E-state index contributed by atoms with van der Waals surface area (Å²) in [6.07, 6.45) is 3.77. The monoisotopic (exact) mass is 235 g/mol. The maximum Gasteiger partial charge on any atom is 0.126 e. The van der Waals surface area contributed by atoms with Crippen molar-refractivity contribution in [2.75, 3.05) is 7.11 Å². The van der Waals surface area contributed by atoms with Gasteiger partial charge in [0.2, 0.25) is 0 Å². The number of hydrogen-bond donors (Lipinski definition) is 0. The number of aromatic nitrogens is 1. The average Bonchev–Trinajstić information content (AvgIpc) is 2.46. The van der Waals surface area contributed by atoms with Crippen LogP contribution in [-0.4, -0.2) is 12.1 Å². The largest absolute Gasteiger partial charge is 0.496 e. The van der Waals surface area contributed by atoms with E-state index in [0.717, 1.165) is 22.3 Å². The average molecular weight is 235 g/mol. The molecule has 1 aromatic heterocycles. The fourth-order valence-electron chi connectivity index (χ4n) is 2.20. The molecule has 0 saturated carbocycles. The van der Waals surface area contributed by atoms with Crippen molar-refractivity contribution in [2.45, 2.75) is 0 Å². The fraction of sp³-hybridized carbons (Fsp3) is 0.0625. The van der Waals surface area contributed by atoms with Gasteiger partial charge in [-0.25, -0.2) is 0 Å². The van der Waals surface area contributed by atoms with Crippen LogP contribution in [0.2, 0.25) is 0 Å². The molecule has 18 heavy (non-hydrogen) atoms. The summed E-state index contributed by atoms with van der Waals surface area (Å²) in [4.78, 5) is 4.31. The quantitative estimate of drug-likeness (QED) is 0.671. The smallest absolute Gasteiger partial charge is 0.126 e. The molecule has 0 N–H and O–H groups in total. The first kappa shape index (κ1) is 10.8. The summed E-state index contributed by atoms with van der Waals surface area (Å²) in [6.45, 7) is 0. The highest BCUT2D eigenvalue weighted by atomic mass is 16.5. The molecule has 0 unspecified atom stereocenters. The predicted molar refractivity (Wildman–Crippen MR) is 73.7 cm³/mol. The van der Waals surface area contributed by atoms with E-state index >= 15 is 0 Å². The molecule has 2 heteroatoms. The SMILES string of the molecule is COc1ccccc1-c1cncc2ccccc12. The van der Waals surface area contributed by atoms with Crippen LogP contribution in [0, 0.1) is 0 Å². The van der Waals surface area contributed by atoms with Crippen molar-refractivity contribution in [1.82, 2.24) is 4.98 Å². The van der Waals surface area contributed by atoms with E-state index in [1.165, 1.54) is 5.39 Å². The maximum absolute atomic E-state index is 5.42. The van der Waals surface area contributed by atoms with Crippen molar-refractivity contribution < 1.29 is 4.74 Å². The van der Waals surface area contributed by atoms with Crippen LogP contribution in [0.25, 0.3) is 21.9 Å². The van der Waals surface area contributed by atoms with E-state index in [1.807, 2.05) is 42.7 Å². The Morgan fingerprint density at radius 1 is 0.833 bits per heavy atom. The zero-order valence-corrected chi connectivity index (χ0v) is 10.1. The van der Waals surface area contributed by atoms with Gasteiger partial charge in [-0.2, -0.15) is 0 Å². The third-order valence-electron chi connectivity index (χ3n) is 3.07. The lowest BCUT2D eigenvalue weighted by Crippen LogP contribution is -1.89. The van der Waals surface area contributed by atoms with E-state index in [9.17, 15) is 0 Å². The molecular weight excluding hydrogens is 222 g/mol. The molecule has 0 fully saturated rings. The molecule has 0 amide bonds. The van der Waals surface area contributed by atoms with Gasteiger partial charge < -0.3 is 4.74 Å². The summed E-state index contributed by atoms with van der Waals surface area (Å²) >= 11 is 0. The molecule has 0 radical (unpaired) electrons. The highest BCUT2D eigenvalue weighted by molar-refractivity contribution is 5.97. The van der Waals surface area contributed by atoms with Gasteiger partial charge in [0.05, 0.1) is 7.11 Å². The number of rotatable bonds is 2. The van der Waals surface area contributed by atoms with Crippen LogP contribution in [0.5, 0.6) is 5.75 Å². The lowest BCUT2D eigenvalue weighted by Gasteiger charge is -2.10. The van der Waals surface area contributed by atoms with E-state index in [1.54, 1.807) is 7.11 Å². The highest BCUT2D eigenvalue weighted by Gasteiger charge is 2.08. The Morgan fingerprint density at radius 3 is 2.50 bits per heavy atom. The molecule has 0 spiro atoms. The van der Waals surface area contributed by atoms with Crippen LogP contribution in [0.4, 0.5) is 0 Å². The Morgan fingerprint density at radius 2 is 1.61 bits per heavy atom. The molecule has 0 bridgehead atoms. The predicted octanol–water partition coefficient (Wildman–Crippen LogP) is 3.91. The number of benzene rings is 2. The van der Waals surface area contributed by atoms with Gasteiger partial charge in [-0.1, -0.05) is 42.5 Å². The van der Waals surface area contributed by atoms with Crippen LogP contribution in [0.15, 0.2) is 60.9 Å². The molecule has 0 aliphatic heterocycles. The van der Waals surface area contributed by atoms with Crippen LogP contribution in [0.3, 0.4) is 0 Å². The third kappa shape index (κ3) is 1.72. The van der Waals surface area contributed by atoms with Gasteiger partial charge in [0.1, 0.15) is 5.75 Å².